The topological polar surface area (TPSA) is 41.5 Å². The normalized spacial score (nSPS) is 19.5. The van der Waals surface area contributed by atoms with Crippen molar-refractivity contribution in [3.8, 4) is 5.75 Å². The molecule has 0 amide bonds. The quantitative estimate of drug-likeness (QED) is 0.823. The Morgan fingerprint density at radius 3 is 2.95 bits per heavy atom. The third-order valence-electron chi connectivity index (χ3n) is 4.60. The van der Waals surface area contributed by atoms with E-state index in [1.54, 1.807) is 0 Å². The molecular formula is C17H24BrNO2. The van der Waals surface area contributed by atoms with Crippen molar-refractivity contribution < 1.29 is 9.84 Å². The third kappa shape index (κ3) is 3.99. The summed E-state index contributed by atoms with van der Waals surface area (Å²) in [6.45, 7) is 2.20. The molecule has 1 heterocycles. The van der Waals surface area contributed by atoms with Gasteiger partial charge in [0.2, 0.25) is 0 Å². The number of ether oxygens (including phenoxy) is 1. The first kappa shape index (κ1) is 15.3. The van der Waals surface area contributed by atoms with Gasteiger partial charge in [-0.3, -0.25) is 0 Å². The van der Waals surface area contributed by atoms with Gasteiger partial charge in [0.25, 0.3) is 0 Å². The minimum absolute atomic E-state index is 0.228. The van der Waals surface area contributed by atoms with Crippen LogP contribution in [0.25, 0.3) is 0 Å². The Bertz CT molecular complexity index is 486. The Balaban J connectivity index is 1.49. The standard InChI is InChI=1S/C17H24BrNO2/c18-15-8-13-5-6-21-17(13)14(9-15)10-19-11-16(20)7-12-3-1-2-4-12/h8-9,12,16,19-20H,1-7,10-11H2. The molecule has 0 spiro atoms. The Morgan fingerprint density at radius 2 is 2.14 bits per heavy atom. The largest absolute Gasteiger partial charge is 0.493 e. The predicted molar refractivity (Wildman–Crippen MR) is 87.6 cm³/mol. The Kier molecular flexibility index (Phi) is 5.19. The highest BCUT2D eigenvalue weighted by molar-refractivity contribution is 9.10. The van der Waals surface area contributed by atoms with Crippen LogP contribution < -0.4 is 10.1 Å². The first-order chi connectivity index (χ1) is 10.2. The van der Waals surface area contributed by atoms with Crippen molar-refractivity contribution in [2.45, 2.75) is 51.2 Å². The van der Waals surface area contributed by atoms with Gasteiger partial charge >= 0.3 is 0 Å². The number of hydrogen-bond donors (Lipinski definition) is 2. The van der Waals surface area contributed by atoms with Crippen LogP contribution in [0.15, 0.2) is 16.6 Å². The van der Waals surface area contributed by atoms with Gasteiger partial charge in [-0.1, -0.05) is 41.6 Å². The molecule has 0 radical (unpaired) electrons. The fraction of sp³-hybridized carbons (Fsp3) is 0.647. The van der Waals surface area contributed by atoms with Crippen LogP contribution >= 0.6 is 15.9 Å². The molecule has 21 heavy (non-hydrogen) atoms. The summed E-state index contributed by atoms with van der Waals surface area (Å²) in [5.74, 6) is 1.77. The molecule has 1 aromatic rings. The summed E-state index contributed by atoms with van der Waals surface area (Å²) >= 11 is 3.56. The monoisotopic (exact) mass is 353 g/mol. The number of rotatable bonds is 6. The van der Waals surface area contributed by atoms with Crippen LogP contribution in [-0.2, 0) is 13.0 Å². The molecule has 1 fully saturated rings. The second-order valence-electron chi connectivity index (χ2n) is 6.32. The van der Waals surface area contributed by atoms with E-state index in [0.29, 0.717) is 6.54 Å². The molecule has 1 aromatic carbocycles. The minimum Gasteiger partial charge on any atom is -0.493 e. The first-order valence-corrected chi connectivity index (χ1v) is 8.84. The molecule has 0 bridgehead atoms. The van der Waals surface area contributed by atoms with E-state index < -0.39 is 0 Å². The summed E-state index contributed by atoms with van der Waals surface area (Å²) < 4.78 is 6.83. The summed E-state index contributed by atoms with van der Waals surface area (Å²) in [6, 6.07) is 4.25. The maximum absolute atomic E-state index is 10.1. The average Bonchev–Trinajstić information content (AvgIpc) is 3.09. The summed E-state index contributed by atoms with van der Waals surface area (Å²) in [6.07, 6.45) is 6.98. The minimum atomic E-state index is -0.228. The van der Waals surface area contributed by atoms with Crippen molar-refractivity contribution in [2.24, 2.45) is 5.92 Å². The molecule has 2 aliphatic rings. The SMILES string of the molecule is OC(CNCc1cc(Br)cc2c1OCC2)CC1CCCC1. The van der Waals surface area contributed by atoms with Crippen molar-refractivity contribution >= 4 is 15.9 Å². The van der Waals surface area contributed by atoms with Crippen molar-refractivity contribution in [3.05, 3.63) is 27.7 Å². The number of nitrogens with one attached hydrogen (secondary N) is 1. The number of hydrogen-bond acceptors (Lipinski definition) is 3. The fourth-order valence-corrected chi connectivity index (χ4v) is 4.12. The van der Waals surface area contributed by atoms with Crippen LogP contribution in [0.3, 0.4) is 0 Å². The van der Waals surface area contributed by atoms with Crippen LogP contribution in [0, 0.1) is 5.92 Å². The van der Waals surface area contributed by atoms with Crippen molar-refractivity contribution in [3.63, 3.8) is 0 Å². The van der Waals surface area contributed by atoms with Crippen LogP contribution in [0.2, 0.25) is 0 Å². The van der Waals surface area contributed by atoms with E-state index in [9.17, 15) is 5.11 Å². The molecule has 116 valence electrons. The molecule has 3 nitrogen and oxygen atoms in total. The summed E-state index contributed by atoms with van der Waals surface area (Å²) in [7, 11) is 0. The second kappa shape index (κ2) is 7.12. The van der Waals surface area contributed by atoms with E-state index in [4.69, 9.17) is 4.74 Å². The molecule has 1 saturated carbocycles. The van der Waals surface area contributed by atoms with E-state index in [1.807, 2.05) is 0 Å². The first-order valence-electron chi connectivity index (χ1n) is 8.05. The maximum Gasteiger partial charge on any atom is 0.127 e. The molecule has 1 unspecified atom stereocenters. The Labute approximate surface area is 135 Å². The zero-order chi connectivity index (χ0) is 14.7. The van der Waals surface area contributed by atoms with E-state index in [1.165, 1.54) is 36.8 Å². The fourth-order valence-electron chi connectivity index (χ4n) is 3.56. The van der Waals surface area contributed by atoms with Crippen molar-refractivity contribution in [1.29, 1.82) is 0 Å². The zero-order valence-corrected chi connectivity index (χ0v) is 14.0. The average molecular weight is 354 g/mol. The van der Waals surface area contributed by atoms with Crippen LogP contribution in [0.1, 0.15) is 43.2 Å². The lowest BCUT2D eigenvalue weighted by Gasteiger charge is -2.16. The molecule has 1 aliphatic heterocycles. The molecule has 1 atom stereocenters. The van der Waals surface area contributed by atoms with Crippen LogP contribution in [0.4, 0.5) is 0 Å². The highest BCUT2D eigenvalue weighted by atomic mass is 79.9. The van der Waals surface area contributed by atoms with Gasteiger partial charge < -0.3 is 15.2 Å². The van der Waals surface area contributed by atoms with Gasteiger partial charge in [-0.15, -0.1) is 0 Å². The summed E-state index contributed by atoms with van der Waals surface area (Å²) in [4.78, 5) is 0. The number of aliphatic hydroxyl groups excluding tert-OH is 1. The summed E-state index contributed by atoms with van der Waals surface area (Å²) in [5.41, 5.74) is 2.47. The zero-order valence-electron chi connectivity index (χ0n) is 12.4. The van der Waals surface area contributed by atoms with Crippen molar-refractivity contribution in [2.75, 3.05) is 13.2 Å². The Hall–Kier alpha value is -0.580. The summed E-state index contributed by atoms with van der Waals surface area (Å²) in [5, 5.41) is 13.5. The van der Waals surface area contributed by atoms with Gasteiger partial charge in [-0.25, -0.2) is 0 Å². The van der Waals surface area contributed by atoms with Crippen LogP contribution in [-0.4, -0.2) is 24.4 Å². The lowest BCUT2D eigenvalue weighted by atomic mass is 10.00. The van der Waals surface area contributed by atoms with Gasteiger partial charge in [-0.2, -0.15) is 0 Å². The van der Waals surface area contributed by atoms with Crippen LogP contribution in [0.5, 0.6) is 5.75 Å². The molecule has 0 saturated heterocycles. The smallest absolute Gasteiger partial charge is 0.127 e. The van der Waals surface area contributed by atoms with Gasteiger partial charge in [0.1, 0.15) is 5.75 Å². The second-order valence-corrected chi connectivity index (χ2v) is 7.24. The lowest BCUT2D eigenvalue weighted by molar-refractivity contribution is 0.140. The number of benzene rings is 1. The third-order valence-corrected chi connectivity index (χ3v) is 5.06. The van der Waals surface area contributed by atoms with Gasteiger partial charge in [-0.05, 0) is 30.0 Å². The molecule has 0 aromatic heterocycles. The van der Waals surface area contributed by atoms with E-state index in [2.05, 4.69) is 33.4 Å². The van der Waals surface area contributed by atoms with Gasteiger partial charge in [0.15, 0.2) is 0 Å². The van der Waals surface area contributed by atoms with E-state index in [-0.39, 0.29) is 6.10 Å². The lowest BCUT2D eigenvalue weighted by Crippen LogP contribution is -2.28. The van der Waals surface area contributed by atoms with Crippen molar-refractivity contribution in [1.82, 2.24) is 5.32 Å². The molecular weight excluding hydrogens is 330 g/mol. The molecule has 3 rings (SSSR count). The number of aliphatic hydroxyl groups is 1. The highest BCUT2D eigenvalue weighted by Gasteiger charge is 2.20. The predicted octanol–water partition coefficient (Wildman–Crippen LogP) is 3.41. The number of halogens is 1. The molecule has 2 N–H and O–H groups in total. The van der Waals surface area contributed by atoms with E-state index >= 15 is 0 Å². The Morgan fingerprint density at radius 1 is 1.33 bits per heavy atom. The maximum atomic E-state index is 10.1. The van der Waals surface area contributed by atoms with Gasteiger partial charge in [0.05, 0.1) is 12.7 Å². The molecule has 1 aliphatic carbocycles. The molecule has 4 heteroatoms. The highest BCUT2D eigenvalue weighted by Crippen LogP contribution is 2.33. The van der Waals surface area contributed by atoms with Gasteiger partial charge in [0, 0.05) is 29.5 Å². The van der Waals surface area contributed by atoms with E-state index in [0.717, 1.165) is 42.1 Å². The number of fused-ring (bicyclic) bond motifs is 1.